The summed E-state index contributed by atoms with van der Waals surface area (Å²) in [4.78, 5) is 0. The normalized spacial score (nSPS) is 35.6. The van der Waals surface area contributed by atoms with Crippen LogP contribution in [0.1, 0.15) is 20.3 Å². The van der Waals surface area contributed by atoms with Crippen LogP contribution < -0.4 is 0 Å². The Balaban J connectivity index is 2.30. The Bertz CT molecular complexity index is 76.2. The standard InChI is InChI=1S/C6H12O/c1-6(2)3-5(6)4-7/h5,7H,3-4H2,1-2H3/t5-/m1/s1. The highest BCUT2D eigenvalue weighted by molar-refractivity contribution is 4.94. The van der Waals surface area contributed by atoms with Gasteiger partial charge in [0.1, 0.15) is 0 Å². The predicted octanol–water partition coefficient (Wildman–Crippen LogP) is 1.02. The van der Waals surface area contributed by atoms with E-state index >= 15 is 0 Å². The second-order valence-corrected chi connectivity index (χ2v) is 3.07. The second-order valence-electron chi connectivity index (χ2n) is 3.07. The molecule has 0 heterocycles. The Hall–Kier alpha value is -0.0400. The van der Waals surface area contributed by atoms with Crippen molar-refractivity contribution in [3.8, 4) is 0 Å². The summed E-state index contributed by atoms with van der Waals surface area (Å²) in [6, 6.07) is 0. The lowest BCUT2D eigenvalue weighted by atomic mass is 10.1. The Labute approximate surface area is 44.4 Å². The monoisotopic (exact) mass is 100 g/mol. The van der Waals surface area contributed by atoms with Gasteiger partial charge in [0.15, 0.2) is 0 Å². The van der Waals surface area contributed by atoms with E-state index in [4.69, 9.17) is 5.11 Å². The maximum absolute atomic E-state index is 8.54. The first kappa shape index (κ1) is 5.10. The van der Waals surface area contributed by atoms with Crippen molar-refractivity contribution in [1.29, 1.82) is 0 Å². The summed E-state index contributed by atoms with van der Waals surface area (Å²) in [6.07, 6.45) is 1.21. The van der Waals surface area contributed by atoms with Crippen molar-refractivity contribution in [3.63, 3.8) is 0 Å². The van der Waals surface area contributed by atoms with E-state index in [1.54, 1.807) is 0 Å². The lowest BCUT2D eigenvalue weighted by molar-refractivity contribution is 0.257. The van der Waals surface area contributed by atoms with Gasteiger partial charge in [-0.05, 0) is 17.8 Å². The molecule has 0 amide bonds. The third kappa shape index (κ3) is 0.778. The highest BCUT2D eigenvalue weighted by Gasteiger charge is 2.44. The van der Waals surface area contributed by atoms with E-state index in [0.29, 0.717) is 17.9 Å². The maximum Gasteiger partial charge on any atom is 0.0464 e. The fourth-order valence-electron chi connectivity index (χ4n) is 0.888. The van der Waals surface area contributed by atoms with Crippen molar-refractivity contribution in [3.05, 3.63) is 0 Å². The van der Waals surface area contributed by atoms with E-state index in [9.17, 15) is 0 Å². The average Bonchev–Trinajstić information content (AvgIpc) is 2.13. The number of rotatable bonds is 1. The SMILES string of the molecule is CC1(C)C[C@@H]1CO. The summed E-state index contributed by atoms with van der Waals surface area (Å²) in [7, 11) is 0. The van der Waals surface area contributed by atoms with Crippen LogP contribution in [0.25, 0.3) is 0 Å². The van der Waals surface area contributed by atoms with Crippen LogP contribution in [0.2, 0.25) is 0 Å². The van der Waals surface area contributed by atoms with E-state index in [1.807, 2.05) is 0 Å². The zero-order valence-electron chi connectivity index (χ0n) is 4.94. The Morgan fingerprint density at radius 3 is 2.14 bits per heavy atom. The van der Waals surface area contributed by atoms with Crippen molar-refractivity contribution >= 4 is 0 Å². The van der Waals surface area contributed by atoms with Crippen LogP contribution in [-0.4, -0.2) is 11.7 Å². The van der Waals surface area contributed by atoms with Crippen LogP contribution in [0.3, 0.4) is 0 Å². The molecule has 1 rings (SSSR count). The zero-order valence-corrected chi connectivity index (χ0v) is 4.94. The summed E-state index contributed by atoms with van der Waals surface area (Å²) in [5.74, 6) is 0.604. The molecule has 1 aliphatic rings. The van der Waals surface area contributed by atoms with Crippen LogP contribution in [0.4, 0.5) is 0 Å². The van der Waals surface area contributed by atoms with E-state index in [-0.39, 0.29) is 0 Å². The minimum atomic E-state index is 0.382. The first-order valence-corrected chi connectivity index (χ1v) is 2.77. The molecule has 0 aliphatic heterocycles. The Morgan fingerprint density at radius 1 is 1.71 bits per heavy atom. The van der Waals surface area contributed by atoms with Gasteiger partial charge < -0.3 is 5.11 Å². The van der Waals surface area contributed by atoms with Crippen LogP contribution >= 0.6 is 0 Å². The first-order valence-electron chi connectivity index (χ1n) is 2.77. The maximum atomic E-state index is 8.54. The van der Waals surface area contributed by atoms with Crippen LogP contribution in [0.15, 0.2) is 0 Å². The summed E-state index contributed by atoms with van der Waals surface area (Å²) in [5.41, 5.74) is 0.467. The number of hydrogen-bond donors (Lipinski definition) is 1. The largest absolute Gasteiger partial charge is 0.396 e. The molecule has 42 valence electrons. The third-order valence-corrected chi connectivity index (χ3v) is 1.94. The number of aliphatic hydroxyl groups excluding tert-OH is 1. The van der Waals surface area contributed by atoms with Gasteiger partial charge in [-0.2, -0.15) is 0 Å². The molecule has 1 atom stereocenters. The molecule has 1 fully saturated rings. The van der Waals surface area contributed by atoms with Crippen molar-refractivity contribution in [1.82, 2.24) is 0 Å². The molecule has 0 unspecified atom stereocenters. The Morgan fingerprint density at radius 2 is 2.14 bits per heavy atom. The highest BCUT2D eigenvalue weighted by Crippen LogP contribution is 2.50. The summed E-state index contributed by atoms with van der Waals surface area (Å²) < 4.78 is 0. The van der Waals surface area contributed by atoms with Crippen molar-refractivity contribution < 1.29 is 5.11 Å². The minimum Gasteiger partial charge on any atom is -0.396 e. The smallest absolute Gasteiger partial charge is 0.0464 e. The van der Waals surface area contributed by atoms with Gasteiger partial charge in [-0.15, -0.1) is 0 Å². The molecule has 1 heteroatoms. The van der Waals surface area contributed by atoms with Crippen LogP contribution in [0.5, 0.6) is 0 Å². The molecule has 0 aromatic heterocycles. The van der Waals surface area contributed by atoms with E-state index < -0.39 is 0 Å². The molecule has 0 aromatic carbocycles. The minimum absolute atomic E-state index is 0.382. The van der Waals surface area contributed by atoms with Gasteiger partial charge in [-0.3, -0.25) is 0 Å². The summed E-state index contributed by atoms with van der Waals surface area (Å²) >= 11 is 0. The van der Waals surface area contributed by atoms with Crippen molar-refractivity contribution in [2.75, 3.05) is 6.61 Å². The van der Waals surface area contributed by atoms with Crippen LogP contribution in [0, 0.1) is 11.3 Å². The second kappa shape index (κ2) is 1.22. The lowest BCUT2D eigenvalue weighted by Gasteiger charge is -1.95. The lowest BCUT2D eigenvalue weighted by Crippen LogP contribution is -1.93. The molecular formula is C6H12O. The van der Waals surface area contributed by atoms with Gasteiger partial charge in [0.05, 0.1) is 0 Å². The molecule has 0 bridgehead atoms. The van der Waals surface area contributed by atoms with Crippen molar-refractivity contribution in [2.24, 2.45) is 11.3 Å². The molecule has 0 aromatic rings. The van der Waals surface area contributed by atoms with E-state index in [1.165, 1.54) is 6.42 Å². The predicted molar refractivity (Wildman–Crippen MR) is 29.0 cm³/mol. The number of hydrogen-bond acceptors (Lipinski definition) is 1. The fourth-order valence-corrected chi connectivity index (χ4v) is 0.888. The first-order chi connectivity index (χ1) is 3.17. The van der Waals surface area contributed by atoms with E-state index in [0.717, 1.165) is 0 Å². The average molecular weight is 100 g/mol. The van der Waals surface area contributed by atoms with Crippen LogP contribution in [-0.2, 0) is 0 Å². The fraction of sp³-hybridized carbons (Fsp3) is 1.00. The Kier molecular flexibility index (Phi) is 0.890. The quantitative estimate of drug-likeness (QED) is 0.521. The van der Waals surface area contributed by atoms with Crippen molar-refractivity contribution in [2.45, 2.75) is 20.3 Å². The zero-order chi connectivity index (χ0) is 5.49. The highest BCUT2D eigenvalue weighted by atomic mass is 16.3. The third-order valence-electron chi connectivity index (χ3n) is 1.94. The van der Waals surface area contributed by atoms with E-state index in [2.05, 4.69) is 13.8 Å². The molecule has 0 saturated heterocycles. The van der Waals surface area contributed by atoms with Gasteiger partial charge in [0.25, 0.3) is 0 Å². The molecule has 1 saturated carbocycles. The molecular weight excluding hydrogens is 88.1 g/mol. The summed E-state index contributed by atoms with van der Waals surface area (Å²) in [6.45, 7) is 4.76. The molecule has 1 aliphatic carbocycles. The molecule has 0 spiro atoms. The summed E-state index contributed by atoms with van der Waals surface area (Å²) in [5, 5.41) is 8.54. The molecule has 1 N–H and O–H groups in total. The molecule has 1 nitrogen and oxygen atoms in total. The topological polar surface area (TPSA) is 20.2 Å². The van der Waals surface area contributed by atoms with Gasteiger partial charge in [-0.25, -0.2) is 0 Å². The van der Waals surface area contributed by atoms with Gasteiger partial charge >= 0.3 is 0 Å². The number of aliphatic hydroxyl groups is 1. The van der Waals surface area contributed by atoms with Gasteiger partial charge in [0.2, 0.25) is 0 Å². The van der Waals surface area contributed by atoms with Gasteiger partial charge in [0, 0.05) is 6.61 Å². The molecule has 7 heavy (non-hydrogen) atoms. The molecule has 0 radical (unpaired) electrons. The van der Waals surface area contributed by atoms with Gasteiger partial charge in [-0.1, -0.05) is 13.8 Å².